The topological polar surface area (TPSA) is 83.4 Å². The number of nitrogens with one attached hydrogen (secondary N) is 2. The molecule has 1 heterocycles. The molecule has 0 atom stereocenters. The van der Waals surface area contributed by atoms with Crippen LogP contribution in [0.2, 0.25) is 0 Å². The number of carbonyl (C=O) groups excluding carboxylic acids is 1. The number of benzene rings is 1. The molecule has 3 aliphatic carbocycles. The Balaban J connectivity index is 1.52. The zero-order valence-electron chi connectivity index (χ0n) is 25.0. The van der Waals surface area contributed by atoms with Crippen LogP contribution in [0.25, 0.3) is 17.0 Å². The van der Waals surface area contributed by atoms with Crippen molar-refractivity contribution >= 4 is 17.6 Å². The van der Waals surface area contributed by atoms with Crippen molar-refractivity contribution in [1.82, 2.24) is 15.2 Å². The number of nitrogens with zero attached hydrogens (tertiary/aromatic N) is 1. The highest BCUT2D eigenvalue weighted by Gasteiger charge is 2.40. The first-order valence-electron chi connectivity index (χ1n) is 15.2. The first-order valence-corrected chi connectivity index (χ1v) is 15.2. The monoisotopic (exact) mass is 545 g/mol. The number of aromatic nitrogens is 1. The lowest BCUT2D eigenvalue weighted by molar-refractivity contribution is -0.145. The summed E-state index contributed by atoms with van der Waals surface area (Å²) in [5, 5.41) is 15.9. The van der Waals surface area contributed by atoms with Gasteiger partial charge in [-0.3, -0.25) is 9.59 Å². The summed E-state index contributed by atoms with van der Waals surface area (Å²) in [6.45, 7) is 16.2. The van der Waals surface area contributed by atoms with Crippen LogP contribution in [0.1, 0.15) is 113 Å². The highest BCUT2D eigenvalue weighted by Crippen LogP contribution is 2.49. The van der Waals surface area contributed by atoms with Crippen LogP contribution in [0.5, 0.6) is 0 Å². The molecule has 0 radical (unpaired) electrons. The maximum atomic E-state index is 13.5. The van der Waals surface area contributed by atoms with Crippen molar-refractivity contribution in [2.24, 2.45) is 11.8 Å². The summed E-state index contributed by atoms with van der Waals surface area (Å²) in [5.74, 6) is -0.610. The summed E-state index contributed by atoms with van der Waals surface area (Å²) in [6.07, 6.45) is 9.69. The molecular formula is C34H47N3O3. The Morgan fingerprint density at radius 2 is 1.75 bits per heavy atom. The van der Waals surface area contributed by atoms with Crippen LogP contribution in [-0.2, 0) is 16.8 Å². The Labute approximate surface area is 239 Å². The van der Waals surface area contributed by atoms with Crippen molar-refractivity contribution in [3.05, 3.63) is 53.2 Å². The third-order valence-corrected chi connectivity index (χ3v) is 9.40. The van der Waals surface area contributed by atoms with Gasteiger partial charge in [0.05, 0.1) is 11.5 Å². The van der Waals surface area contributed by atoms with Crippen molar-refractivity contribution in [2.45, 2.75) is 116 Å². The standard InChI is InChI=1S/C34H47N3O3/c1-21(36-33(3,4)5)24-14-25(16-27(15-24)34(6)12-13-34)30-19-29(31(38)35-28-17-26(18-28)32(39)40)22(2)37(30)20-23-10-8-7-9-11-23/h14-16,19,23,26,28,36H,1,7-13,17-18,20H2,2-6H3,(H,35,38)(H,39,40). The van der Waals surface area contributed by atoms with Gasteiger partial charge in [-0.1, -0.05) is 32.8 Å². The molecule has 2 aromatic rings. The van der Waals surface area contributed by atoms with Gasteiger partial charge in [-0.2, -0.15) is 0 Å². The Hall–Kier alpha value is -3.02. The van der Waals surface area contributed by atoms with Crippen molar-refractivity contribution in [1.29, 1.82) is 0 Å². The molecule has 6 heteroatoms. The number of aliphatic carboxylic acids is 1. The van der Waals surface area contributed by atoms with Gasteiger partial charge >= 0.3 is 5.97 Å². The molecule has 3 aliphatic rings. The third kappa shape index (κ3) is 6.16. The Morgan fingerprint density at radius 3 is 2.35 bits per heavy atom. The number of carboxylic acids is 1. The van der Waals surface area contributed by atoms with E-state index in [1.54, 1.807) is 0 Å². The number of hydrogen-bond donors (Lipinski definition) is 3. The Bertz CT molecular complexity index is 1300. The van der Waals surface area contributed by atoms with Gasteiger partial charge in [0.15, 0.2) is 0 Å². The highest BCUT2D eigenvalue weighted by molar-refractivity contribution is 5.97. The van der Waals surface area contributed by atoms with Crippen LogP contribution >= 0.6 is 0 Å². The van der Waals surface area contributed by atoms with Crippen LogP contribution in [0.15, 0.2) is 30.8 Å². The Morgan fingerprint density at radius 1 is 1.07 bits per heavy atom. The summed E-state index contributed by atoms with van der Waals surface area (Å²) >= 11 is 0. The van der Waals surface area contributed by atoms with E-state index in [0.29, 0.717) is 24.3 Å². The van der Waals surface area contributed by atoms with Crippen LogP contribution in [0.4, 0.5) is 0 Å². The fourth-order valence-corrected chi connectivity index (χ4v) is 6.48. The van der Waals surface area contributed by atoms with Gasteiger partial charge in [0, 0.05) is 35.2 Å². The zero-order valence-corrected chi connectivity index (χ0v) is 25.0. The number of hydrogen-bond acceptors (Lipinski definition) is 3. The van der Waals surface area contributed by atoms with Crippen LogP contribution in [0, 0.1) is 18.8 Å². The van der Waals surface area contributed by atoms with E-state index in [9.17, 15) is 14.7 Å². The van der Waals surface area contributed by atoms with E-state index in [4.69, 9.17) is 0 Å². The van der Waals surface area contributed by atoms with Gasteiger partial charge in [-0.05, 0) is 119 Å². The second-order valence-electron chi connectivity index (χ2n) is 14.0. The van der Waals surface area contributed by atoms with Gasteiger partial charge in [0.1, 0.15) is 0 Å². The van der Waals surface area contributed by atoms with E-state index in [1.807, 2.05) is 0 Å². The SMILES string of the molecule is C=C(NC(C)(C)C)c1cc(-c2cc(C(=O)NC3CC(C(=O)O)C3)c(C)n2CC2CCCCC2)cc(C2(C)CC2)c1. The average molecular weight is 546 g/mol. The normalized spacial score (nSPS) is 22.3. The fourth-order valence-electron chi connectivity index (χ4n) is 6.48. The molecule has 3 N–H and O–H groups in total. The van der Waals surface area contributed by atoms with Crippen molar-refractivity contribution in [3.63, 3.8) is 0 Å². The quantitative estimate of drug-likeness (QED) is 0.315. The molecule has 0 bridgehead atoms. The molecule has 40 heavy (non-hydrogen) atoms. The maximum Gasteiger partial charge on any atom is 0.306 e. The van der Waals surface area contributed by atoms with Gasteiger partial charge in [0.25, 0.3) is 5.91 Å². The molecule has 0 unspecified atom stereocenters. The summed E-state index contributed by atoms with van der Waals surface area (Å²) in [6, 6.07) is 8.85. The van der Waals surface area contributed by atoms with Crippen molar-refractivity contribution in [3.8, 4) is 11.3 Å². The van der Waals surface area contributed by atoms with Crippen molar-refractivity contribution < 1.29 is 14.7 Å². The zero-order chi connectivity index (χ0) is 28.8. The predicted octanol–water partition coefficient (Wildman–Crippen LogP) is 7.05. The first-order chi connectivity index (χ1) is 18.8. The smallest absolute Gasteiger partial charge is 0.306 e. The Kier molecular flexibility index (Phi) is 7.66. The van der Waals surface area contributed by atoms with E-state index < -0.39 is 5.97 Å². The lowest BCUT2D eigenvalue weighted by Crippen LogP contribution is -2.46. The van der Waals surface area contributed by atoms with E-state index in [1.165, 1.54) is 50.5 Å². The molecule has 0 saturated heterocycles. The molecule has 0 spiro atoms. The van der Waals surface area contributed by atoms with Gasteiger partial charge in [-0.15, -0.1) is 0 Å². The molecule has 5 rings (SSSR count). The molecular weight excluding hydrogens is 498 g/mol. The summed E-state index contributed by atoms with van der Waals surface area (Å²) in [4.78, 5) is 24.8. The number of carbonyl (C=O) groups is 2. The van der Waals surface area contributed by atoms with E-state index in [2.05, 4.69) is 80.7 Å². The second-order valence-corrected chi connectivity index (χ2v) is 14.0. The van der Waals surface area contributed by atoms with E-state index in [0.717, 1.165) is 34.8 Å². The number of carboxylic acid groups (broad SMARTS) is 1. The summed E-state index contributed by atoms with van der Waals surface area (Å²) in [5.41, 5.74) is 7.33. The van der Waals surface area contributed by atoms with E-state index >= 15 is 0 Å². The van der Waals surface area contributed by atoms with Crippen LogP contribution in [-0.4, -0.2) is 33.1 Å². The van der Waals surface area contributed by atoms with Crippen molar-refractivity contribution in [2.75, 3.05) is 0 Å². The minimum atomic E-state index is -0.773. The molecule has 3 fully saturated rings. The molecule has 1 aromatic heterocycles. The minimum Gasteiger partial charge on any atom is -0.481 e. The predicted molar refractivity (Wildman–Crippen MR) is 161 cm³/mol. The minimum absolute atomic E-state index is 0.0744. The van der Waals surface area contributed by atoms with Crippen LogP contribution < -0.4 is 10.6 Å². The molecule has 3 saturated carbocycles. The molecule has 0 aliphatic heterocycles. The number of amides is 1. The maximum absolute atomic E-state index is 13.5. The summed E-state index contributed by atoms with van der Waals surface area (Å²) < 4.78 is 2.38. The van der Waals surface area contributed by atoms with E-state index in [-0.39, 0.29) is 28.8 Å². The molecule has 1 aromatic carbocycles. The fraction of sp³-hybridized carbons (Fsp3) is 0.588. The largest absolute Gasteiger partial charge is 0.481 e. The highest BCUT2D eigenvalue weighted by atomic mass is 16.4. The van der Waals surface area contributed by atoms with Gasteiger partial charge < -0.3 is 20.3 Å². The second kappa shape index (κ2) is 10.8. The first kappa shape index (κ1) is 28.5. The molecule has 6 nitrogen and oxygen atoms in total. The summed E-state index contributed by atoms with van der Waals surface area (Å²) in [7, 11) is 0. The lowest BCUT2D eigenvalue weighted by Gasteiger charge is -2.32. The molecule has 216 valence electrons. The van der Waals surface area contributed by atoms with Gasteiger partial charge in [-0.25, -0.2) is 0 Å². The lowest BCUT2D eigenvalue weighted by atomic mass is 9.80. The van der Waals surface area contributed by atoms with Gasteiger partial charge in [0.2, 0.25) is 0 Å². The third-order valence-electron chi connectivity index (χ3n) is 9.40. The van der Waals surface area contributed by atoms with Crippen LogP contribution in [0.3, 0.4) is 0 Å². The number of rotatable bonds is 9. The molecule has 1 amide bonds. The average Bonchev–Trinajstić information content (AvgIpc) is 3.54.